The van der Waals surface area contributed by atoms with E-state index in [1.165, 1.54) is 4.90 Å². The fourth-order valence-corrected chi connectivity index (χ4v) is 6.39. The number of benzene rings is 3. The zero-order chi connectivity index (χ0) is 30.2. The number of nitrogens with zero attached hydrogens (tertiary/aromatic N) is 2. The summed E-state index contributed by atoms with van der Waals surface area (Å²) >= 11 is 0. The van der Waals surface area contributed by atoms with E-state index in [4.69, 9.17) is 9.72 Å². The highest BCUT2D eigenvalue weighted by Gasteiger charge is 2.49. The molecule has 1 aliphatic heterocycles. The minimum Gasteiger partial charge on any atom is -0.450 e. The summed E-state index contributed by atoms with van der Waals surface area (Å²) in [7, 11) is 0. The van der Waals surface area contributed by atoms with Gasteiger partial charge in [-0.2, -0.15) is 0 Å². The molecule has 0 spiro atoms. The van der Waals surface area contributed by atoms with E-state index in [9.17, 15) is 19.2 Å². The van der Waals surface area contributed by atoms with Crippen molar-refractivity contribution in [2.75, 3.05) is 4.90 Å². The number of ether oxygens (including phenoxy) is 1. The molecule has 4 aromatic rings. The lowest BCUT2D eigenvalue weighted by molar-refractivity contribution is -0.122. The number of esters is 1. The van der Waals surface area contributed by atoms with E-state index in [1.54, 1.807) is 42.5 Å². The van der Waals surface area contributed by atoms with Crippen LogP contribution in [0.25, 0.3) is 22.2 Å². The molecule has 1 aliphatic carbocycles. The van der Waals surface area contributed by atoms with Gasteiger partial charge in [0.1, 0.15) is 0 Å². The molecular formula is C36H34N2O5. The number of aryl methyl sites for hydroxylation is 1. The maximum absolute atomic E-state index is 13.6. The zero-order valence-corrected chi connectivity index (χ0v) is 24.6. The number of carbonyl (C=O) groups is 4. The van der Waals surface area contributed by atoms with Gasteiger partial charge in [0.25, 0.3) is 0 Å². The molecular weight excluding hydrogens is 540 g/mol. The number of carbonyl (C=O) groups excluding carboxylic acids is 4. The van der Waals surface area contributed by atoms with Crippen LogP contribution in [-0.2, 0) is 14.3 Å². The second-order valence-electron chi connectivity index (χ2n) is 11.8. The van der Waals surface area contributed by atoms with E-state index in [0.29, 0.717) is 45.7 Å². The molecule has 43 heavy (non-hydrogen) atoms. The molecule has 4 unspecified atom stereocenters. The Bertz CT molecular complexity index is 1730. The lowest BCUT2D eigenvalue weighted by atomic mass is 9.76. The first-order chi connectivity index (χ1) is 20.7. The monoisotopic (exact) mass is 574 g/mol. The second-order valence-corrected chi connectivity index (χ2v) is 11.8. The van der Waals surface area contributed by atoms with Gasteiger partial charge in [0.2, 0.25) is 17.6 Å². The molecule has 2 amide bonds. The van der Waals surface area contributed by atoms with Gasteiger partial charge in [0.15, 0.2) is 6.10 Å². The molecule has 0 radical (unpaired) electrons. The number of imide groups is 1. The van der Waals surface area contributed by atoms with Crippen LogP contribution < -0.4 is 4.90 Å². The molecule has 6 rings (SSSR count). The Morgan fingerprint density at radius 1 is 0.930 bits per heavy atom. The number of hydrogen-bond donors (Lipinski definition) is 0. The Balaban J connectivity index is 1.31. The summed E-state index contributed by atoms with van der Waals surface area (Å²) in [6, 6.07) is 23.3. The van der Waals surface area contributed by atoms with Crippen LogP contribution in [-0.4, -0.2) is 34.7 Å². The van der Waals surface area contributed by atoms with Gasteiger partial charge in [0, 0.05) is 16.5 Å². The Morgan fingerprint density at radius 3 is 2.37 bits per heavy atom. The van der Waals surface area contributed by atoms with E-state index < -0.39 is 12.1 Å². The topological polar surface area (TPSA) is 93.6 Å². The number of aromatic nitrogens is 1. The van der Waals surface area contributed by atoms with E-state index in [2.05, 4.69) is 6.92 Å². The van der Waals surface area contributed by atoms with Crippen molar-refractivity contribution in [2.24, 2.45) is 17.8 Å². The van der Waals surface area contributed by atoms with Gasteiger partial charge in [-0.15, -0.1) is 0 Å². The Hall–Kier alpha value is -4.65. The average Bonchev–Trinajstić information content (AvgIpc) is 3.27. The minimum absolute atomic E-state index is 0.116. The molecule has 2 heterocycles. The number of anilines is 1. The van der Waals surface area contributed by atoms with Gasteiger partial charge in [-0.05, 0) is 68.9 Å². The van der Waals surface area contributed by atoms with Gasteiger partial charge >= 0.3 is 5.97 Å². The maximum Gasteiger partial charge on any atom is 0.339 e. The standard InChI is InChI=1S/C36H34N2O5/c1-4-32(33(39)24-8-6-5-7-9-24)43-36(42)29-20-31(37-30-17-11-22(3)18-27(29)30)23-12-14-25(15-13-23)38-34(40)26-16-10-21(2)19-28(26)35(38)41/h5-9,11-15,17-18,20-21,26,28,32H,4,10,16,19H2,1-3H3. The zero-order valence-electron chi connectivity index (χ0n) is 24.6. The molecule has 4 atom stereocenters. The molecule has 7 heteroatoms. The number of ketones is 1. The molecule has 1 saturated carbocycles. The van der Waals surface area contributed by atoms with Crippen molar-refractivity contribution >= 4 is 40.2 Å². The second kappa shape index (κ2) is 11.6. The minimum atomic E-state index is -0.923. The smallest absolute Gasteiger partial charge is 0.339 e. The van der Waals surface area contributed by atoms with Gasteiger partial charge in [-0.25, -0.2) is 9.78 Å². The molecule has 218 valence electrons. The van der Waals surface area contributed by atoms with Gasteiger partial charge in [-0.3, -0.25) is 19.3 Å². The van der Waals surface area contributed by atoms with Crippen molar-refractivity contribution in [3.63, 3.8) is 0 Å². The van der Waals surface area contributed by atoms with E-state index in [-0.39, 0.29) is 29.4 Å². The van der Waals surface area contributed by atoms with Crippen LogP contribution in [0, 0.1) is 24.7 Å². The van der Waals surface area contributed by atoms with Gasteiger partial charge in [0.05, 0.1) is 34.3 Å². The van der Waals surface area contributed by atoms with Crippen LogP contribution in [0.2, 0.25) is 0 Å². The van der Waals surface area contributed by atoms with Crippen LogP contribution in [0.5, 0.6) is 0 Å². The highest BCUT2D eigenvalue weighted by molar-refractivity contribution is 6.22. The predicted molar refractivity (Wildman–Crippen MR) is 165 cm³/mol. The molecule has 2 fully saturated rings. The third-order valence-corrected chi connectivity index (χ3v) is 8.76. The van der Waals surface area contributed by atoms with Crippen LogP contribution in [0.4, 0.5) is 5.69 Å². The first-order valence-electron chi connectivity index (χ1n) is 14.9. The average molecular weight is 575 g/mol. The molecule has 1 saturated heterocycles. The molecule has 7 nitrogen and oxygen atoms in total. The molecule has 1 aromatic heterocycles. The summed E-state index contributed by atoms with van der Waals surface area (Å²) in [5.41, 5.74) is 4.18. The number of hydrogen-bond acceptors (Lipinski definition) is 6. The summed E-state index contributed by atoms with van der Waals surface area (Å²) in [4.78, 5) is 59.3. The first kappa shape index (κ1) is 28.5. The number of Topliss-reactive ketones (excluding diaryl/α,β-unsaturated/α-hetero) is 1. The Morgan fingerprint density at radius 2 is 1.65 bits per heavy atom. The number of rotatable bonds is 7. The summed E-state index contributed by atoms with van der Waals surface area (Å²) in [5, 5.41) is 0.637. The van der Waals surface area contributed by atoms with E-state index in [0.717, 1.165) is 30.4 Å². The van der Waals surface area contributed by atoms with Crippen molar-refractivity contribution in [3.05, 3.63) is 95.6 Å². The Labute approximate surface area is 250 Å². The summed E-state index contributed by atoms with van der Waals surface area (Å²) < 4.78 is 5.81. The highest BCUT2D eigenvalue weighted by atomic mass is 16.5. The van der Waals surface area contributed by atoms with Crippen LogP contribution in [0.3, 0.4) is 0 Å². The number of amides is 2. The van der Waals surface area contributed by atoms with Crippen molar-refractivity contribution in [3.8, 4) is 11.3 Å². The molecule has 0 bridgehead atoms. The fraction of sp³-hybridized carbons (Fsp3) is 0.306. The lowest BCUT2D eigenvalue weighted by Crippen LogP contribution is -2.30. The van der Waals surface area contributed by atoms with Crippen molar-refractivity contribution in [1.82, 2.24) is 4.98 Å². The van der Waals surface area contributed by atoms with Crippen molar-refractivity contribution in [1.29, 1.82) is 0 Å². The number of pyridine rings is 1. The fourth-order valence-electron chi connectivity index (χ4n) is 6.39. The van der Waals surface area contributed by atoms with Gasteiger partial charge in [-0.1, -0.05) is 67.9 Å². The first-order valence-corrected chi connectivity index (χ1v) is 14.9. The van der Waals surface area contributed by atoms with E-state index in [1.807, 2.05) is 50.2 Å². The largest absolute Gasteiger partial charge is 0.450 e. The third kappa shape index (κ3) is 5.36. The van der Waals surface area contributed by atoms with Crippen molar-refractivity contribution < 1.29 is 23.9 Å². The normalized spacial score (nSPS) is 20.6. The van der Waals surface area contributed by atoms with Crippen LogP contribution >= 0.6 is 0 Å². The maximum atomic E-state index is 13.6. The Kier molecular flexibility index (Phi) is 7.65. The molecule has 2 aliphatic rings. The summed E-state index contributed by atoms with van der Waals surface area (Å²) in [5.74, 6) is -1.12. The quantitative estimate of drug-likeness (QED) is 0.135. The molecule has 3 aromatic carbocycles. The van der Waals surface area contributed by atoms with Crippen LogP contribution in [0.1, 0.15) is 65.8 Å². The van der Waals surface area contributed by atoms with Gasteiger partial charge < -0.3 is 4.74 Å². The van der Waals surface area contributed by atoms with Crippen molar-refractivity contribution in [2.45, 2.75) is 52.6 Å². The lowest BCUT2D eigenvalue weighted by Gasteiger charge is -2.25. The summed E-state index contributed by atoms with van der Waals surface area (Å²) in [6.45, 7) is 5.88. The van der Waals surface area contributed by atoms with E-state index >= 15 is 0 Å². The highest BCUT2D eigenvalue weighted by Crippen LogP contribution is 2.42. The van der Waals surface area contributed by atoms with Crippen LogP contribution in [0.15, 0.2) is 78.9 Å². The third-order valence-electron chi connectivity index (χ3n) is 8.76. The predicted octanol–water partition coefficient (Wildman–Crippen LogP) is 6.95. The number of fused-ring (bicyclic) bond motifs is 2. The molecule has 0 N–H and O–H groups in total. The summed E-state index contributed by atoms with van der Waals surface area (Å²) in [6.07, 6.45) is 1.88. The SMILES string of the molecule is CCC(OC(=O)c1cc(-c2ccc(N3C(=O)C4CCC(C)CC4C3=O)cc2)nc2ccc(C)cc12)C(=O)c1ccccc1.